The summed E-state index contributed by atoms with van der Waals surface area (Å²) in [6.07, 6.45) is 3.12. The molecule has 1 aliphatic heterocycles. The third kappa shape index (κ3) is 5.14. The van der Waals surface area contributed by atoms with Gasteiger partial charge in [-0.2, -0.15) is 4.98 Å². The van der Waals surface area contributed by atoms with Crippen LogP contribution in [0, 0.1) is 12.8 Å². The van der Waals surface area contributed by atoms with Gasteiger partial charge in [-0.05, 0) is 62.4 Å². The Hall–Kier alpha value is -2.64. The Morgan fingerprint density at radius 1 is 1.09 bits per heavy atom. The Bertz CT molecular complexity index is 1150. The van der Waals surface area contributed by atoms with Crippen LogP contribution in [-0.4, -0.2) is 33.0 Å². The first kappa shape index (κ1) is 23.5. The number of allylic oxidation sites excluding steroid dienone is 1. The molecule has 0 spiro atoms. The lowest BCUT2D eigenvalue weighted by Crippen LogP contribution is -2.46. The highest BCUT2D eigenvalue weighted by atomic mass is 32.2. The fourth-order valence-corrected chi connectivity index (χ4v) is 4.67. The molecule has 7 heteroatoms. The minimum atomic E-state index is -0.157. The van der Waals surface area contributed by atoms with E-state index in [4.69, 9.17) is 21.7 Å². The van der Waals surface area contributed by atoms with Gasteiger partial charge in [-0.25, -0.2) is 0 Å². The van der Waals surface area contributed by atoms with Crippen LogP contribution in [0.5, 0.6) is 0 Å². The van der Waals surface area contributed by atoms with Gasteiger partial charge in [0.15, 0.2) is 5.11 Å². The molecule has 0 radical (unpaired) electrons. The molecule has 0 amide bonds. The number of aromatic nitrogens is 2. The normalized spacial score (nSPS) is 16.5. The lowest BCUT2D eigenvalue weighted by atomic mass is 9.94. The lowest BCUT2D eigenvalue weighted by Gasteiger charge is -2.37. The maximum Gasteiger partial charge on any atom is 0.258 e. The third-order valence-electron chi connectivity index (χ3n) is 5.94. The highest BCUT2D eigenvalue weighted by Gasteiger charge is 2.34. The van der Waals surface area contributed by atoms with Gasteiger partial charge in [0.2, 0.25) is 5.82 Å². The summed E-state index contributed by atoms with van der Waals surface area (Å²) in [5.41, 5.74) is 5.27. The van der Waals surface area contributed by atoms with E-state index >= 15 is 0 Å². The van der Waals surface area contributed by atoms with E-state index in [2.05, 4.69) is 85.7 Å². The number of nitrogens with zero attached hydrogens (tertiary/aromatic N) is 3. The molecule has 2 aromatic carbocycles. The molecule has 4 rings (SSSR count). The predicted octanol–water partition coefficient (Wildman–Crippen LogP) is 6.48. The molecule has 5 nitrogen and oxygen atoms in total. The van der Waals surface area contributed by atoms with Gasteiger partial charge >= 0.3 is 0 Å². The highest BCUT2D eigenvalue weighted by Crippen LogP contribution is 2.38. The number of thioether (sulfide) groups is 1. The summed E-state index contributed by atoms with van der Waals surface area (Å²) < 4.78 is 5.83. The fraction of sp³-hybridized carbons (Fsp3) is 0.346. The average molecular weight is 479 g/mol. The maximum atomic E-state index is 5.83. The van der Waals surface area contributed by atoms with E-state index in [1.165, 1.54) is 10.5 Å². The summed E-state index contributed by atoms with van der Waals surface area (Å²) >= 11 is 7.52. The molecular formula is C26H30N4OS2. The van der Waals surface area contributed by atoms with Crippen molar-refractivity contribution in [2.45, 2.75) is 45.1 Å². The van der Waals surface area contributed by atoms with Crippen LogP contribution < -0.4 is 5.32 Å². The van der Waals surface area contributed by atoms with Crippen LogP contribution in [0.3, 0.4) is 0 Å². The van der Waals surface area contributed by atoms with Crippen molar-refractivity contribution < 1.29 is 4.52 Å². The highest BCUT2D eigenvalue weighted by molar-refractivity contribution is 7.98. The van der Waals surface area contributed by atoms with Crippen LogP contribution in [0.1, 0.15) is 50.3 Å². The Kier molecular flexibility index (Phi) is 7.20. The molecule has 1 unspecified atom stereocenters. The van der Waals surface area contributed by atoms with E-state index in [1.807, 2.05) is 12.1 Å². The zero-order valence-electron chi connectivity index (χ0n) is 19.8. The second-order valence-electron chi connectivity index (χ2n) is 8.78. The molecule has 1 aromatic heterocycles. The largest absolute Gasteiger partial charge is 0.351 e. The van der Waals surface area contributed by atoms with Crippen molar-refractivity contribution >= 4 is 34.7 Å². The molecule has 33 heavy (non-hydrogen) atoms. The molecule has 1 aliphatic rings. The summed E-state index contributed by atoms with van der Waals surface area (Å²) in [6, 6.07) is 16.5. The number of rotatable bonds is 7. The van der Waals surface area contributed by atoms with E-state index in [0.29, 0.717) is 17.6 Å². The second kappa shape index (κ2) is 10.1. The number of hydrogen-bond donors (Lipinski definition) is 1. The summed E-state index contributed by atoms with van der Waals surface area (Å²) in [6.45, 7) is 9.46. The van der Waals surface area contributed by atoms with Crippen molar-refractivity contribution in [2.75, 3.05) is 12.8 Å². The van der Waals surface area contributed by atoms with E-state index in [1.54, 1.807) is 11.8 Å². The number of nitrogens with one attached hydrogen (secondary N) is 1. The second-order valence-corrected chi connectivity index (χ2v) is 10.0. The van der Waals surface area contributed by atoms with Gasteiger partial charge in [-0.15, -0.1) is 11.8 Å². The summed E-state index contributed by atoms with van der Waals surface area (Å²) in [7, 11) is 0. The van der Waals surface area contributed by atoms with Gasteiger partial charge in [0.25, 0.3) is 5.89 Å². The maximum absolute atomic E-state index is 5.83. The molecular weight excluding hydrogens is 448 g/mol. The molecule has 0 bridgehead atoms. The minimum Gasteiger partial charge on any atom is -0.351 e. The molecule has 0 saturated heterocycles. The van der Waals surface area contributed by atoms with Crippen molar-refractivity contribution in [1.29, 1.82) is 0 Å². The van der Waals surface area contributed by atoms with Crippen molar-refractivity contribution in [3.8, 4) is 11.4 Å². The quantitative estimate of drug-likeness (QED) is 0.308. The van der Waals surface area contributed by atoms with Crippen LogP contribution in [0.2, 0.25) is 0 Å². The smallest absolute Gasteiger partial charge is 0.258 e. The molecule has 0 fully saturated rings. The molecule has 0 saturated carbocycles. The molecule has 1 atom stereocenters. The monoisotopic (exact) mass is 478 g/mol. The first-order valence-electron chi connectivity index (χ1n) is 11.2. The standard InChI is InChI=1S/C26H30N4OS2/c1-16(2)14-15-30-18(4)22(23(27-26(30)32)19-10-12-21(33-5)13-11-19)25-28-24(29-31-25)20-8-6-17(3)7-9-20/h6-13,16,23H,14-15H2,1-5H3,(H,27,32). The number of thiocarbonyl (C=S) groups is 1. The van der Waals surface area contributed by atoms with Crippen molar-refractivity contribution in [2.24, 2.45) is 5.92 Å². The van der Waals surface area contributed by atoms with E-state index in [-0.39, 0.29) is 6.04 Å². The molecule has 0 aliphatic carbocycles. The van der Waals surface area contributed by atoms with Crippen LogP contribution in [-0.2, 0) is 0 Å². The van der Waals surface area contributed by atoms with Gasteiger partial charge in [0.05, 0.1) is 11.6 Å². The first-order chi connectivity index (χ1) is 15.9. The van der Waals surface area contributed by atoms with Gasteiger partial charge in [0, 0.05) is 22.7 Å². The van der Waals surface area contributed by atoms with Gasteiger partial charge < -0.3 is 14.7 Å². The summed E-state index contributed by atoms with van der Waals surface area (Å²) in [5.74, 6) is 1.69. The van der Waals surface area contributed by atoms with Crippen LogP contribution >= 0.6 is 24.0 Å². The topological polar surface area (TPSA) is 54.2 Å². The Balaban J connectivity index is 1.77. The van der Waals surface area contributed by atoms with E-state index < -0.39 is 0 Å². The first-order valence-corrected chi connectivity index (χ1v) is 12.8. The zero-order valence-corrected chi connectivity index (χ0v) is 21.4. The third-order valence-corrected chi connectivity index (χ3v) is 7.02. The van der Waals surface area contributed by atoms with Crippen LogP contribution in [0.25, 0.3) is 17.0 Å². The SMILES string of the molecule is CSc1ccc(C2NC(=S)N(CCC(C)C)C(C)=C2c2nc(-c3ccc(C)cc3)no2)cc1. The lowest BCUT2D eigenvalue weighted by molar-refractivity contribution is 0.390. The minimum absolute atomic E-state index is 0.157. The molecule has 3 aromatic rings. The van der Waals surface area contributed by atoms with Gasteiger partial charge in [-0.1, -0.05) is 61.0 Å². The van der Waals surface area contributed by atoms with E-state index in [0.717, 1.165) is 40.5 Å². The van der Waals surface area contributed by atoms with E-state index in [9.17, 15) is 0 Å². The predicted molar refractivity (Wildman–Crippen MR) is 140 cm³/mol. The summed E-state index contributed by atoms with van der Waals surface area (Å²) in [4.78, 5) is 8.18. The van der Waals surface area contributed by atoms with Crippen LogP contribution in [0.15, 0.2) is 63.6 Å². The molecule has 1 N–H and O–H groups in total. The Morgan fingerprint density at radius 2 is 1.79 bits per heavy atom. The van der Waals surface area contributed by atoms with Gasteiger partial charge in [-0.3, -0.25) is 0 Å². The molecule has 2 heterocycles. The Morgan fingerprint density at radius 3 is 2.42 bits per heavy atom. The number of aryl methyl sites for hydroxylation is 1. The molecule has 172 valence electrons. The number of benzene rings is 2. The Labute approximate surface area is 205 Å². The van der Waals surface area contributed by atoms with Gasteiger partial charge in [0.1, 0.15) is 0 Å². The fourth-order valence-electron chi connectivity index (χ4n) is 3.91. The zero-order chi connectivity index (χ0) is 23.5. The summed E-state index contributed by atoms with van der Waals surface area (Å²) in [5, 5.41) is 8.57. The van der Waals surface area contributed by atoms with Crippen molar-refractivity contribution in [3.63, 3.8) is 0 Å². The number of hydrogen-bond acceptors (Lipinski definition) is 5. The van der Waals surface area contributed by atoms with Crippen LogP contribution in [0.4, 0.5) is 0 Å². The van der Waals surface area contributed by atoms with Crippen molar-refractivity contribution in [1.82, 2.24) is 20.4 Å². The van der Waals surface area contributed by atoms with Crippen molar-refractivity contribution in [3.05, 3.63) is 71.2 Å². The average Bonchev–Trinajstić information content (AvgIpc) is 3.28.